The Labute approximate surface area is 215 Å². The minimum atomic E-state index is -0.156. The van der Waals surface area contributed by atoms with E-state index in [9.17, 15) is 9.90 Å². The van der Waals surface area contributed by atoms with Crippen LogP contribution in [-0.4, -0.2) is 42.8 Å². The van der Waals surface area contributed by atoms with Crippen LogP contribution in [0.4, 0.5) is 0 Å². The minimum absolute atomic E-state index is 0.0158. The van der Waals surface area contributed by atoms with Gasteiger partial charge in [0.25, 0.3) is 0 Å². The topological polar surface area (TPSA) is 97.9 Å². The summed E-state index contributed by atoms with van der Waals surface area (Å²) in [5, 5.41) is 24.8. The van der Waals surface area contributed by atoms with Gasteiger partial charge in [-0.1, -0.05) is 59.3 Å². The highest BCUT2D eigenvalue weighted by molar-refractivity contribution is 5.76. The van der Waals surface area contributed by atoms with Gasteiger partial charge in [-0.3, -0.25) is 4.79 Å². The number of amides is 1. The molecule has 2 aromatic heterocycles. The lowest BCUT2D eigenvalue weighted by Gasteiger charge is -2.10. The van der Waals surface area contributed by atoms with Gasteiger partial charge in [-0.15, -0.1) is 5.10 Å². The minimum Gasteiger partial charge on any atom is -0.390 e. The first-order valence-electron chi connectivity index (χ1n) is 12.1. The number of nitrogens with one attached hydrogen (secondary N) is 1. The van der Waals surface area contributed by atoms with Crippen molar-refractivity contribution in [3.8, 4) is 33.8 Å². The van der Waals surface area contributed by atoms with E-state index >= 15 is 0 Å². The molecule has 8 heteroatoms. The number of rotatable bonds is 8. The molecule has 0 radical (unpaired) electrons. The lowest BCUT2D eigenvalue weighted by Crippen LogP contribution is -2.18. The average Bonchev–Trinajstić information content (AvgIpc) is 3.60. The number of hydrogen-bond donors (Lipinski definition) is 2. The third-order valence-corrected chi connectivity index (χ3v) is 6.27. The Morgan fingerprint density at radius 3 is 2.11 bits per heavy atom. The summed E-state index contributed by atoms with van der Waals surface area (Å²) in [5.74, 6) is -0.0158. The summed E-state index contributed by atoms with van der Waals surface area (Å²) in [5.41, 5.74) is 8.58. The number of carbonyl (C=O) groups is 1. The Morgan fingerprint density at radius 1 is 0.865 bits per heavy atom. The van der Waals surface area contributed by atoms with Crippen LogP contribution in [0.1, 0.15) is 23.4 Å². The maximum absolute atomic E-state index is 11.8. The van der Waals surface area contributed by atoms with Gasteiger partial charge < -0.3 is 10.4 Å². The van der Waals surface area contributed by atoms with Crippen molar-refractivity contribution >= 4 is 5.91 Å². The zero-order chi connectivity index (χ0) is 25.8. The number of aliphatic hydroxyl groups excluding tert-OH is 1. The molecule has 1 amide bonds. The van der Waals surface area contributed by atoms with Gasteiger partial charge in [0, 0.05) is 25.5 Å². The van der Waals surface area contributed by atoms with Crippen LogP contribution < -0.4 is 5.32 Å². The van der Waals surface area contributed by atoms with E-state index in [-0.39, 0.29) is 12.5 Å². The maximum atomic E-state index is 11.8. The van der Waals surface area contributed by atoms with Crippen molar-refractivity contribution in [1.82, 2.24) is 30.1 Å². The van der Waals surface area contributed by atoms with Crippen LogP contribution in [0.3, 0.4) is 0 Å². The number of carbonyl (C=O) groups excluding carboxylic acids is 1. The average molecular weight is 493 g/mol. The van der Waals surface area contributed by atoms with Crippen LogP contribution in [-0.2, 0) is 17.8 Å². The molecule has 3 aromatic carbocycles. The first kappa shape index (κ1) is 24.1. The van der Waals surface area contributed by atoms with Gasteiger partial charge in [-0.05, 0) is 48.4 Å². The number of aryl methyl sites for hydroxylation is 2. The van der Waals surface area contributed by atoms with Crippen molar-refractivity contribution in [3.63, 3.8) is 0 Å². The summed E-state index contributed by atoms with van der Waals surface area (Å²) < 4.78 is 3.53. The van der Waals surface area contributed by atoms with E-state index in [1.54, 1.807) is 17.9 Å². The molecule has 0 fully saturated rings. The summed E-state index contributed by atoms with van der Waals surface area (Å²) in [6, 6.07) is 26.8. The first-order valence-corrected chi connectivity index (χ1v) is 12.1. The molecule has 0 saturated carbocycles. The van der Waals surface area contributed by atoms with E-state index in [4.69, 9.17) is 5.10 Å². The largest absolute Gasteiger partial charge is 0.390 e. The Bertz CT molecular complexity index is 1500. The van der Waals surface area contributed by atoms with Crippen LogP contribution in [0.2, 0.25) is 0 Å². The molecule has 0 unspecified atom stereocenters. The molecule has 186 valence electrons. The molecule has 0 atom stereocenters. The smallest absolute Gasteiger partial charge is 0.220 e. The van der Waals surface area contributed by atoms with Gasteiger partial charge in [0.2, 0.25) is 5.91 Å². The van der Waals surface area contributed by atoms with Gasteiger partial charge in [-0.2, -0.15) is 5.10 Å². The van der Waals surface area contributed by atoms with E-state index in [0.29, 0.717) is 18.5 Å². The highest BCUT2D eigenvalue weighted by Crippen LogP contribution is 2.28. The highest BCUT2D eigenvalue weighted by atomic mass is 16.3. The van der Waals surface area contributed by atoms with E-state index < -0.39 is 0 Å². The lowest BCUT2D eigenvalue weighted by molar-refractivity contribution is -0.120. The number of aromatic nitrogens is 5. The zero-order valence-corrected chi connectivity index (χ0v) is 20.8. The van der Waals surface area contributed by atoms with Crippen molar-refractivity contribution in [2.45, 2.75) is 26.4 Å². The summed E-state index contributed by atoms with van der Waals surface area (Å²) >= 11 is 0. The Balaban J connectivity index is 1.48. The quantitative estimate of drug-likeness (QED) is 0.337. The predicted molar refractivity (Wildman–Crippen MR) is 142 cm³/mol. The highest BCUT2D eigenvalue weighted by Gasteiger charge is 2.14. The second kappa shape index (κ2) is 10.6. The lowest BCUT2D eigenvalue weighted by atomic mass is 10.0. The normalized spacial score (nSPS) is 11.0. The summed E-state index contributed by atoms with van der Waals surface area (Å²) in [6.45, 7) is 1.93. The standard InChI is InChI=1S/C29H28N6O2/c1-20-3-5-21(6-4-20)22-7-9-23(10-8-22)28-17-24(11-16-29(37)30-2)32-35(28)27-14-12-26(13-15-27)34-18-25(19-36)31-33-34/h3-10,12-15,17-18,36H,11,16,19H2,1-2H3,(H,30,37). The Morgan fingerprint density at radius 2 is 1.49 bits per heavy atom. The fourth-order valence-corrected chi connectivity index (χ4v) is 4.14. The molecule has 0 aliphatic carbocycles. The molecule has 5 rings (SSSR count). The summed E-state index contributed by atoms with van der Waals surface area (Å²) in [7, 11) is 1.64. The van der Waals surface area contributed by atoms with E-state index in [0.717, 1.165) is 33.9 Å². The maximum Gasteiger partial charge on any atom is 0.220 e. The third kappa shape index (κ3) is 5.34. The van der Waals surface area contributed by atoms with Gasteiger partial charge in [0.1, 0.15) is 5.69 Å². The molecular weight excluding hydrogens is 464 g/mol. The zero-order valence-electron chi connectivity index (χ0n) is 20.8. The van der Waals surface area contributed by atoms with Crippen LogP contribution >= 0.6 is 0 Å². The molecule has 0 aliphatic rings. The molecule has 2 N–H and O–H groups in total. The molecule has 37 heavy (non-hydrogen) atoms. The van der Waals surface area contributed by atoms with Crippen molar-refractivity contribution in [2.75, 3.05) is 7.05 Å². The van der Waals surface area contributed by atoms with Gasteiger partial charge in [-0.25, -0.2) is 9.36 Å². The monoisotopic (exact) mass is 492 g/mol. The van der Waals surface area contributed by atoms with Crippen molar-refractivity contribution in [2.24, 2.45) is 0 Å². The van der Waals surface area contributed by atoms with Crippen LogP contribution in [0, 0.1) is 6.92 Å². The van der Waals surface area contributed by atoms with Crippen molar-refractivity contribution in [3.05, 3.63) is 102 Å². The van der Waals surface area contributed by atoms with Gasteiger partial charge in [0.05, 0.1) is 35.6 Å². The van der Waals surface area contributed by atoms with Gasteiger partial charge in [0.15, 0.2) is 0 Å². The number of hydrogen-bond acceptors (Lipinski definition) is 5. The molecule has 0 spiro atoms. The second-order valence-corrected chi connectivity index (χ2v) is 8.88. The molecule has 8 nitrogen and oxygen atoms in total. The Kier molecular flexibility index (Phi) is 6.91. The molecule has 5 aromatic rings. The Hall–Kier alpha value is -4.56. The fourth-order valence-electron chi connectivity index (χ4n) is 4.14. The summed E-state index contributed by atoms with van der Waals surface area (Å²) in [6.07, 6.45) is 2.61. The molecule has 2 heterocycles. The van der Waals surface area contributed by atoms with Gasteiger partial charge >= 0.3 is 0 Å². The number of nitrogens with zero attached hydrogens (tertiary/aromatic N) is 5. The van der Waals surface area contributed by atoms with Crippen LogP contribution in [0.15, 0.2) is 85.1 Å². The SMILES string of the molecule is CNC(=O)CCc1cc(-c2ccc(-c3ccc(C)cc3)cc2)n(-c2ccc(-n3cc(CO)nn3)cc2)n1. The third-order valence-electron chi connectivity index (χ3n) is 6.27. The molecular formula is C29H28N6O2. The second-order valence-electron chi connectivity index (χ2n) is 8.88. The predicted octanol–water partition coefficient (Wildman–Crippen LogP) is 4.27. The molecule has 0 bridgehead atoms. The van der Waals surface area contributed by atoms with E-state index in [1.165, 1.54) is 11.1 Å². The van der Waals surface area contributed by atoms with Crippen molar-refractivity contribution in [1.29, 1.82) is 0 Å². The van der Waals surface area contributed by atoms with E-state index in [1.807, 2.05) is 35.0 Å². The number of aliphatic hydroxyl groups is 1. The molecule has 0 saturated heterocycles. The fraction of sp³-hybridized carbons (Fsp3) is 0.172. The first-order chi connectivity index (χ1) is 18.0. The van der Waals surface area contributed by atoms with Crippen molar-refractivity contribution < 1.29 is 9.90 Å². The number of benzene rings is 3. The van der Waals surface area contributed by atoms with Crippen LogP contribution in [0.5, 0.6) is 0 Å². The van der Waals surface area contributed by atoms with Crippen LogP contribution in [0.25, 0.3) is 33.8 Å². The summed E-state index contributed by atoms with van der Waals surface area (Å²) in [4.78, 5) is 11.8. The molecule has 0 aliphatic heterocycles. The van der Waals surface area contributed by atoms with E-state index in [2.05, 4.69) is 71.1 Å².